The zero-order valence-electron chi connectivity index (χ0n) is 15.9. The number of furan rings is 1. The lowest BCUT2D eigenvalue weighted by atomic mass is 9.82. The number of nitrogens with zero attached hydrogens (tertiary/aromatic N) is 3. The van der Waals surface area contributed by atoms with Gasteiger partial charge < -0.3 is 19.4 Å². The number of rotatable bonds is 3. The van der Waals surface area contributed by atoms with Crippen LogP contribution in [0.5, 0.6) is 0 Å². The summed E-state index contributed by atoms with van der Waals surface area (Å²) in [5.74, 6) is 2.19. The molecule has 2 fully saturated rings. The highest BCUT2D eigenvalue weighted by atomic mass is 16.5. The largest absolute Gasteiger partial charge is 0.466 e. The van der Waals surface area contributed by atoms with Crippen molar-refractivity contribution in [2.75, 3.05) is 25.0 Å². The van der Waals surface area contributed by atoms with E-state index in [2.05, 4.69) is 15.3 Å². The summed E-state index contributed by atoms with van der Waals surface area (Å²) in [7, 11) is 0. The van der Waals surface area contributed by atoms with E-state index < -0.39 is 0 Å². The van der Waals surface area contributed by atoms with Crippen LogP contribution in [0.4, 0.5) is 5.95 Å². The third kappa shape index (κ3) is 3.83. The maximum atomic E-state index is 12.8. The molecule has 7 heteroatoms. The molecule has 2 aromatic rings. The Morgan fingerprint density at radius 2 is 2.00 bits per heavy atom. The minimum Gasteiger partial charge on any atom is -0.466 e. The highest BCUT2D eigenvalue weighted by Crippen LogP contribution is 2.36. The first-order chi connectivity index (χ1) is 13.0. The average molecular weight is 370 g/mol. The van der Waals surface area contributed by atoms with E-state index in [9.17, 15) is 4.79 Å². The maximum absolute atomic E-state index is 12.8. The Kier molecular flexibility index (Phi) is 4.86. The molecule has 1 atom stereocenters. The molecule has 2 aliphatic heterocycles. The number of piperidine rings is 1. The van der Waals surface area contributed by atoms with Gasteiger partial charge in [-0.15, -0.1) is 0 Å². The van der Waals surface area contributed by atoms with Crippen LogP contribution >= 0.6 is 0 Å². The number of aryl methyl sites for hydroxylation is 2. The third-order valence-electron chi connectivity index (χ3n) is 5.63. The number of anilines is 1. The van der Waals surface area contributed by atoms with Crippen molar-refractivity contribution < 1.29 is 13.9 Å². The van der Waals surface area contributed by atoms with Gasteiger partial charge in [0.2, 0.25) is 5.95 Å². The van der Waals surface area contributed by atoms with E-state index in [-0.39, 0.29) is 11.5 Å². The second-order valence-corrected chi connectivity index (χ2v) is 7.56. The van der Waals surface area contributed by atoms with Crippen LogP contribution in [0.15, 0.2) is 28.9 Å². The second-order valence-electron chi connectivity index (χ2n) is 7.56. The highest BCUT2D eigenvalue weighted by Gasteiger charge is 2.41. The molecule has 144 valence electrons. The summed E-state index contributed by atoms with van der Waals surface area (Å²) in [4.78, 5) is 23.2. The molecule has 0 aromatic carbocycles. The van der Waals surface area contributed by atoms with Crippen molar-refractivity contribution in [2.45, 2.75) is 51.2 Å². The summed E-state index contributed by atoms with van der Waals surface area (Å²) < 4.78 is 11.7. The van der Waals surface area contributed by atoms with Gasteiger partial charge in [-0.1, -0.05) is 0 Å². The van der Waals surface area contributed by atoms with Crippen molar-refractivity contribution in [2.24, 2.45) is 0 Å². The fourth-order valence-corrected chi connectivity index (χ4v) is 4.19. The Hall–Kier alpha value is -2.41. The molecule has 27 heavy (non-hydrogen) atoms. The van der Waals surface area contributed by atoms with Crippen molar-refractivity contribution in [3.63, 3.8) is 0 Å². The standard InChI is InChI=1S/C20H26N4O3/c1-14-12-17(15(2)27-14)18(25)24-9-5-20(6-10-24)13-16(4-11-26-20)23-19-21-7-3-8-22-19/h3,7-8,12,16H,4-6,9-11,13H2,1-2H3,(H,21,22,23)/t16-/m1/s1. The van der Waals surface area contributed by atoms with Crippen LogP contribution in [-0.4, -0.2) is 52.1 Å². The lowest BCUT2D eigenvalue weighted by Crippen LogP contribution is -2.52. The van der Waals surface area contributed by atoms with Gasteiger partial charge in [0.1, 0.15) is 11.5 Å². The van der Waals surface area contributed by atoms with Gasteiger partial charge in [0.05, 0.1) is 11.2 Å². The van der Waals surface area contributed by atoms with Gasteiger partial charge in [-0.3, -0.25) is 4.79 Å². The predicted octanol–water partition coefficient (Wildman–Crippen LogP) is 2.95. The third-order valence-corrected chi connectivity index (χ3v) is 5.63. The number of carbonyl (C=O) groups excluding carboxylic acids is 1. The van der Waals surface area contributed by atoms with Crippen LogP contribution < -0.4 is 5.32 Å². The quantitative estimate of drug-likeness (QED) is 0.895. The molecule has 1 amide bonds. The van der Waals surface area contributed by atoms with Gasteiger partial charge in [0, 0.05) is 38.1 Å². The molecule has 2 saturated heterocycles. The number of hydrogen-bond donors (Lipinski definition) is 1. The summed E-state index contributed by atoms with van der Waals surface area (Å²) in [6, 6.07) is 3.94. The fraction of sp³-hybridized carbons (Fsp3) is 0.550. The Morgan fingerprint density at radius 3 is 2.67 bits per heavy atom. The number of likely N-dealkylation sites (tertiary alicyclic amines) is 1. The minimum absolute atomic E-state index is 0.0577. The van der Waals surface area contributed by atoms with E-state index in [1.54, 1.807) is 12.4 Å². The monoisotopic (exact) mass is 370 g/mol. The summed E-state index contributed by atoms with van der Waals surface area (Å²) in [5.41, 5.74) is 0.511. The zero-order valence-corrected chi connectivity index (χ0v) is 15.9. The number of carbonyl (C=O) groups is 1. The van der Waals surface area contributed by atoms with Crippen molar-refractivity contribution in [1.29, 1.82) is 0 Å². The summed E-state index contributed by atoms with van der Waals surface area (Å²) in [5, 5.41) is 3.43. The molecule has 1 N–H and O–H groups in total. The van der Waals surface area contributed by atoms with Crippen LogP contribution in [0.25, 0.3) is 0 Å². The topological polar surface area (TPSA) is 80.5 Å². The molecule has 0 unspecified atom stereocenters. The van der Waals surface area contributed by atoms with Gasteiger partial charge in [-0.2, -0.15) is 0 Å². The van der Waals surface area contributed by atoms with Crippen molar-refractivity contribution in [3.8, 4) is 0 Å². The summed E-state index contributed by atoms with van der Waals surface area (Å²) in [6.07, 6.45) is 7.04. The fourth-order valence-electron chi connectivity index (χ4n) is 4.19. The number of aromatic nitrogens is 2. The number of nitrogens with one attached hydrogen (secondary N) is 1. The Labute approximate surface area is 159 Å². The van der Waals surface area contributed by atoms with Gasteiger partial charge in [0.25, 0.3) is 5.91 Å². The van der Waals surface area contributed by atoms with E-state index >= 15 is 0 Å². The molecule has 4 heterocycles. The normalized spacial score (nSPS) is 22.0. The van der Waals surface area contributed by atoms with E-state index in [0.29, 0.717) is 36.4 Å². The van der Waals surface area contributed by atoms with Crippen LogP contribution in [0.2, 0.25) is 0 Å². The lowest BCUT2D eigenvalue weighted by Gasteiger charge is -2.46. The van der Waals surface area contributed by atoms with Gasteiger partial charge in [0.15, 0.2) is 0 Å². The second kappa shape index (κ2) is 7.31. The zero-order chi connectivity index (χ0) is 18.9. The first-order valence-electron chi connectivity index (χ1n) is 9.58. The average Bonchev–Trinajstić information content (AvgIpc) is 3.01. The highest BCUT2D eigenvalue weighted by molar-refractivity contribution is 5.95. The molecule has 2 aromatic heterocycles. The number of amides is 1. The Balaban J connectivity index is 1.37. The first kappa shape index (κ1) is 18.0. The van der Waals surface area contributed by atoms with Crippen LogP contribution in [0.3, 0.4) is 0 Å². The molecule has 0 radical (unpaired) electrons. The van der Waals surface area contributed by atoms with Gasteiger partial charge in [-0.25, -0.2) is 9.97 Å². The van der Waals surface area contributed by atoms with E-state index in [1.807, 2.05) is 30.9 Å². The van der Waals surface area contributed by atoms with Gasteiger partial charge >= 0.3 is 0 Å². The van der Waals surface area contributed by atoms with Crippen molar-refractivity contribution in [3.05, 3.63) is 41.6 Å². The molecule has 1 spiro atoms. The molecular formula is C20H26N4O3. The molecular weight excluding hydrogens is 344 g/mol. The SMILES string of the molecule is Cc1cc(C(=O)N2CCC3(CC2)C[C@H](Nc2ncccn2)CCO3)c(C)o1. The van der Waals surface area contributed by atoms with Crippen LogP contribution in [-0.2, 0) is 4.74 Å². The predicted molar refractivity (Wildman–Crippen MR) is 101 cm³/mol. The van der Waals surface area contributed by atoms with Gasteiger partial charge in [-0.05, 0) is 51.7 Å². The minimum atomic E-state index is -0.164. The van der Waals surface area contributed by atoms with Crippen LogP contribution in [0.1, 0.15) is 47.6 Å². The molecule has 0 bridgehead atoms. The van der Waals surface area contributed by atoms with E-state index in [4.69, 9.17) is 9.15 Å². The molecule has 0 saturated carbocycles. The lowest BCUT2D eigenvalue weighted by molar-refractivity contribution is -0.110. The Morgan fingerprint density at radius 1 is 1.26 bits per heavy atom. The first-order valence-corrected chi connectivity index (χ1v) is 9.58. The Bertz CT molecular complexity index is 797. The molecule has 0 aliphatic carbocycles. The van der Waals surface area contributed by atoms with E-state index in [0.717, 1.165) is 38.1 Å². The number of ether oxygens (including phenoxy) is 1. The molecule has 7 nitrogen and oxygen atoms in total. The van der Waals surface area contributed by atoms with Crippen LogP contribution in [0, 0.1) is 13.8 Å². The molecule has 2 aliphatic rings. The molecule has 4 rings (SSSR count). The smallest absolute Gasteiger partial charge is 0.257 e. The number of hydrogen-bond acceptors (Lipinski definition) is 6. The van der Waals surface area contributed by atoms with Crippen molar-refractivity contribution in [1.82, 2.24) is 14.9 Å². The summed E-state index contributed by atoms with van der Waals surface area (Å²) >= 11 is 0. The van der Waals surface area contributed by atoms with E-state index in [1.165, 1.54) is 0 Å². The summed E-state index contributed by atoms with van der Waals surface area (Å²) in [6.45, 7) is 5.85. The van der Waals surface area contributed by atoms with Crippen molar-refractivity contribution >= 4 is 11.9 Å². The maximum Gasteiger partial charge on any atom is 0.257 e.